The van der Waals surface area contributed by atoms with Crippen molar-refractivity contribution in [3.63, 3.8) is 0 Å². The van der Waals surface area contributed by atoms with Crippen molar-refractivity contribution in [3.05, 3.63) is 68.9 Å². The average Bonchev–Trinajstić information content (AvgIpc) is 2.47. The molecule has 2 N–H and O–H groups in total. The summed E-state index contributed by atoms with van der Waals surface area (Å²) in [4.78, 5) is 11.8. The Kier molecular flexibility index (Phi) is 3.78. The van der Waals surface area contributed by atoms with Crippen molar-refractivity contribution < 1.29 is 14.3 Å². The first-order chi connectivity index (χ1) is 10.1. The molecule has 1 heterocycles. The van der Waals surface area contributed by atoms with Gasteiger partial charge in [-0.25, -0.2) is 4.39 Å². The number of hydrogen-bond acceptors (Lipinski definition) is 2. The van der Waals surface area contributed by atoms with Crippen molar-refractivity contribution in [3.8, 4) is 0 Å². The van der Waals surface area contributed by atoms with E-state index in [-0.39, 0.29) is 11.5 Å². The van der Waals surface area contributed by atoms with Gasteiger partial charge in [-0.05, 0) is 35.7 Å². The van der Waals surface area contributed by atoms with Crippen LogP contribution in [0.4, 0.5) is 4.39 Å². The third kappa shape index (κ3) is 2.71. The molecule has 1 aliphatic heterocycles. The molecule has 3 rings (SSSR count). The number of benzene rings is 2. The van der Waals surface area contributed by atoms with Gasteiger partial charge in [0, 0.05) is 22.1 Å². The van der Waals surface area contributed by atoms with Crippen LogP contribution in [0.1, 0.15) is 33.2 Å². The van der Waals surface area contributed by atoms with Gasteiger partial charge in [-0.3, -0.25) is 4.79 Å². The Bertz CT molecular complexity index is 717. The number of hydrogen-bond donors (Lipinski definition) is 2. The molecule has 1 unspecified atom stereocenters. The lowest BCUT2D eigenvalue weighted by molar-refractivity contribution is 0.0945. The lowest BCUT2D eigenvalue weighted by atomic mass is 9.93. The minimum Gasteiger partial charge on any atom is -0.384 e. The topological polar surface area (TPSA) is 49.3 Å². The van der Waals surface area contributed by atoms with E-state index >= 15 is 0 Å². The molecule has 0 spiro atoms. The molecule has 2 aromatic rings. The second kappa shape index (κ2) is 5.58. The normalized spacial score (nSPS) is 15.3. The Morgan fingerprint density at radius 3 is 2.81 bits per heavy atom. The van der Waals surface area contributed by atoms with Crippen LogP contribution < -0.4 is 5.32 Å². The van der Waals surface area contributed by atoms with Crippen molar-refractivity contribution in [1.29, 1.82) is 0 Å². The first-order valence-corrected chi connectivity index (χ1v) is 7.39. The Morgan fingerprint density at radius 2 is 2.05 bits per heavy atom. The monoisotopic (exact) mass is 349 g/mol. The van der Waals surface area contributed by atoms with Gasteiger partial charge in [0.05, 0.1) is 0 Å². The smallest absolute Gasteiger partial charge is 0.251 e. The van der Waals surface area contributed by atoms with Crippen LogP contribution in [-0.4, -0.2) is 17.6 Å². The minimum atomic E-state index is -1.10. The first kappa shape index (κ1) is 14.2. The third-order valence-electron chi connectivity index (χ3n) is 3.63. The van der Waals surface area contributed by atoms with Crippen LogP contribution in [0.5, 0.6) is 0 Å². The third-order valence-corrected chi connectivity index (χ3v) is 4.12. The molecule has 1 amide bonds. The summed E-state index contributed by atoms with van der Waals surface area (Å²) in [6.07, 6.45) is -0.331. The summed E-state index contributed by atoms with van der Waals surface area (Å²) < 4.78 is 14.5. The molecule has 0 radical (unpaired) electrons. The zero-order chi connectivity index (χ0) is 15.0. The number of aliphatic hydroxyl groups excluding tert-OH is 1. The fourth-order valence-electron chi connectivity index (χ4n) is 2.50. The molecule has 21 heavy (non-hydrogen) atoms. The van der Waals surface area contributed by atoms with Gasteiger partial charge in [0.1, 0.15) is 11.9 Å². The molecule has 0 saturated heterocycles. The number of amides is 1. The number of nitrogens with one attached hydrogen (secondary N) is 1. The van der Waals surface area contributed by atoms with Crippen LogP contribution in [-0.2, 0) is 6.42 Å². The van der Waals surface area contributed by atoms with Crippen LogP contribution in [0, 0.1) is 5.82 Å². The van der Waals surface area contributed by atoms with Gasteiger partial charge < -0.3 is 10.4 Å². The van der Waals surface area contributed by atoms with Gasteiger partial charge in [0.15, 0.2) is 0 Å². The fraction of sp³-hybridized carbons (Fsp3) is 0.188. The zero-order valence-electron chi connectivity index (χ0n) is 11.1. The highest BCUT2D eigenvalue weighted by atomic mass is 79.9. The highest BCUT2D eigenvalue weighted by Crippen LogP contribution is 2.28. The average molecular weight is 350 g/mol. The molecule has 3 nitrogen and oxygen atoms in total. The number of aliphatic hydroxyl groups is 1. The summed E-state index contributed by atoms with van der Waals surface area (Å²) in [7, 11) is 0. The van der Waals surface area contributed by atoms with E-state index in [2.05, 4.69) is 21.2 Å². The van der Waals surface area contributed by atoms with E-state index in [9.17, 15) is 14.3 Å². The zero-order valence-corrected chi connectivity index (χ0v) is 12.7. The first-order valence-electron chi connectivity index (χ1n) is 6.60. The summed E-state index contributed by atoms with van der Waals surface area (Å²) in [6, 6.07) is 9.71. The number of carbonyl (C=O) groups excluding carboxylic acids is 1. The van der Waals surface area contributed by atoms with Crippen LogP contribution in [0.3, 0.4) is 0 Å². The van der Waals surface area contributed by atoms with Gasteiger partial charge in [0.2, 0.25) is 0 Å². The maximum Gasteiger partial charge on any atom is 0.251 e. The molecule has 0 aromatic heterocycles. The highest BCUT2D eigenvalue weighted by molar-refractivity contribution is 9.10. The SMILES string of the molecule is O=C1NCCc2ccc(C(O)c3ccc(Br)cc3F)cc21. The molecule has 0 saturated carbocycles. The van der Waals surface area contributed by atoms with E-state index in [0.29, 0.717) is 22.1 Å². The summed E-state index contributed by atoms with van der Waals surface area (Å²) >= 11 is 3.18. The standard InChI is InChI=1S/C16H13BrFNO2/c17-11-3-4-12(14(18)8-11)15(20)10-2-1-9-5-6-19-16(21)13(9)7-10/h1-4,7-8,15,20H,5-6H2,(H,19,21). The Labute approximate surface area is 129 Å². The quantitative estimate of drug-likeness (QED) is 0.875. The molecule has 5 heteroatoms. The van der Waals surface area contributed by atoms with Crippen LogP contribution in [0.2, 0.25) is 0 Å². The van der Waals surface area contributed by atoms with Crippen LogP contribution in [0.15, 0.2) is 40.9 Å². The van der Waals surface area contributed by atoms with Gasteiger partial charge in [-0.15, -0.1) is 0 Å². The molecule has 2 aromatic carbocycles. The molecule has 0 aliphatic carbocycles. The molecular formula is C16H13BrFNO2. The molecule has 108 valence electrons. The van der Waals surface area contributed by atoms with Crippen molar-refractivity contribution >= 4 is 21.8 Å². The van der Waals surface area contributed by atoms with E-state index in [1.807, 2.05) is 6.07 Å². The fourth-order valence-corrected chi connectivity index (χ4v) is 2.84. The predicted molar refractivity (Wildman–Crippen MR) is 80.6 cm³/mol. The Morgan fingerprint density at radius 1 is 1.24 bits per heavy atom. The van der Waals surface area contributed by atoms with E-state index in [1.54, 1.807) is 18.2 Å². The molecule has 1 aliphatic rings. The Hall–Kier alpha value is -1.72. The highest BCUT2D eigenvalue weighted by Gasteiger charge is 2.21. The summed E-state index contributed by atoms with van der Waals surface area (Å²) in [6.45, 7) is 0.620. The number of rotatable bonds is 2. The van der Waals surface area contributed by atoms with Gasteiger partial charge >= 0.3 is 0 Å². The minimum absolute atomic E-state index is 0.151. The van der Waals surface area contributed by atoms with Crippen LogP contribution >= 0.6 is 15.9 Å². The number of halogens is 2. The number of fused-ring (bicyclic) bond motifs is 1. The maximum atomic E-state index is 13.9. The van der Waals surface area contributed by atoms with E-state index < -0.39 is 11.9 Å². The van der Waals surface area contributed by atoms with E-state index in [1.165, 1.54) is 12.1 Å². The second-order valence-electron chi connectivity index (χ2n) is 4.99. The summed E-state index contributed by atoms with van der Waals surface area (Å²) in [5.41, 5.74) is 2.20. The van der Waals surface area contributed by atoms with E-state index in [4.69, 9.17) is 0 Å². The van der Waals surface area contributed by atoms with Crippen molar-refractivity contribution in [2.45, 2.75) is 12.5 Å². The van der Waals surface area contributed by atoms with Crippen molar-refractivity contribution in [2.75, 3.05) is 6.54 Å². The largest absolute Gasteiger partial charge is 0.384 e. The lowest BCUT2D eigenvalue weighted by Gasteiger charge is -2.19. The Balaban J connectivity index is 2.00. The predicted octanol–water partition coefficient (Wildman–Crippen LogP) is 2.96. The number of carbonyl (C=O) groups is 1. The molecule has 1 atom stereocenters. The van der Waals surface area contributed by atoms with Gasteiger partial charge in [0.25, 0.3) is 5.91 Å². The summed E-state index contributed by atoms with van der Waals surface area (Å²) in [5.74, 6) is -0.638. The molecular weight excluding hydrogens is 337 g/mol. The molecule has 0 fully saturated rings. The van der Waals surface area contributed by atoms with Crippen molar-refractivity contribution in [1.82, 2.24) is 5.32 Å². The van der Waals surface area contributed by atoms with Gasteiger partial charge in [-0.2, -0.15) is 0 Å². The van der Waals surface area contributed by atoms with Gasteiger partial charge in [-0.1, -0.05) is 34.1 Å². The second-order valence-corrected chi connectivity index (χ2v) is 5.91. The molecule has 0 bridgehead atoms. The van der Waals surface area contributed by atoms with Crippen LogP contribution in [0.25, 0.3) is 0 Å². The summed E-state index contributed by atoms with van der Waals surface area (Å²) in [5, 5.41) is 13.1. The van der Waals surface area contributed by atoms with Crippen molar-refractivity contribution in [2.24, 2.45) is 0 Å². The van der Waals surface area contributed by atoms with E-state index in [0.717, 1.165) is 12.0 Å². The lowest BCUT2D eigenvalue weighted by Crippen LogP contribution is -2.31. The maximum absolute atomic E-state index is 13.9.